The first-order chi connectivity index (χ1) is 14.1. The molecule has 4 rings (SSSR count). The van der Waals surface area contributed by atoms with Crippen molar-refractivity contribution in [3.63, 3.8) is 0 Å². The fraction of sp³-hybridized carbons (Fsp3) is 0.286. The summed E-state index contributed by atoms with van der Waals surface area (Å²) in [4.78, 5) is 32.0. The van der Waals surface area contributed by atoms with Crippen LogP contribution in [0, 0.1) is 11.7 Å². The van der Waals surface area contributed by atoms with E-state index in [1.807, 2.05) is 0 Å². The smallest absolute Gasteiger partial charge is 0.289 e. The first-order valence-corrected chi connectivity index (χ1v) is 10.2. The third kappa shape index (κ3) is 4.71. The van der Waals surface area contributed by atoms with Crippen molar-refractivity contribution >= 4 is 28.3 Å². The molecule has 1 unspecified atom stereocenters. The van der Waals surface area contributed by atoms with Crippen LogP contribution in [0.4, 0.5) is 9.52 Å². The maximum absolute atomic E-state index is 13.0. The highest BCUT2D eigenvalue weighted by atomic mass is 32.1. The van der Waals surface area contributed by atoms with Crippen LogP contribution in [0.5, 0.6) is 0 Å². The van der Waals surface area contributed by atoms with Gasteiger partial charge in [0.1, 0.15) is 5.82 Å². The van der Waals surface area contributed by atoms with Gasteiger partial charge < -0.3 is 14.6 Å². The molecule has 6 nitrogen and oxygen atoms in total. The van der Waals surface area contributed by atoms with Crippen molar-refractivity contribution in [2.75, 3.05) is 18.4 Å². The van der Waals surface area contributed by atoms with Gasteiger partial charge in [-0.15, -0.1) is 11.3 Å². The van der Waals surface area contributed by atoms with E-state index in [0.717, 1.165) is 23.3 Å². The summed E-state index contributed by atoms with van der Waals surface area (Å²) in [7, 11) is 0. The number of thiazole rings is 1. The van der Waals surface area contributed by atoms with Crippen molar-refractivity contribution in [1.82, 2.24) is 9.88 Å². The summed E-state index contributed by atoms with van der Waals surface area (Å²) in [5, 5.41) is 3.40. The monoisotopic (exact) mass is 413 g/mol. The number of nitrogens with zero attached hydrogens (tertiary/aromatic N) is 2. The number of carbonyl (C=O) groups is 2. The summed E-state index contributed by atoms with van der Waals surface area (Å²) in [5.41, 5.74) is 0.979. The molecule has 1 aliphatic heterocycles. The highest BCUT2D eigenvalue weighted by Gasteiger charge is 2.30. The van der Waals surface area contributed by atoms with Crippen LogP contribution in [-0.4, -0.2) is 34.8 Å². The summed E-state index contributed by atoms with van der Waals surface area (Å²) in [5.74, 6) is -0.588. The molecule has 1 atom stereocenters. The Morgan fingerprint density at radius 2 is 2.10 bits per heavy atom. The molecule has 0 spiro atoms. The zero-order chi connectivity index (χ0) is 20.2. The summed E-state index contributed by atoms with van der Waals surface area (Å²) in [6.07, 6.45) is 5.30. The number of amides is 2. The second-order valence-corrected chi connectivity index (χ2v) is 8.11. The van der Waals surface area contributed by atoms with Crippen LogP contribution < -0.4 is 5.32 Å². The highest BCUT2D eigenvalue weighted by Crippen LogP contribution is 2.24. The van der Waals surface area contributed by atoms with E-state index < -0.39 is 0 Å². The van der Waals surface area contributed by atoms with Crippen LogP contribution in [0.2, 0.25) is 0 Å². The van der Waals surface area contributed by atoms with E-state index in [2.05, 4.69) is 10.3 Å². The molecule has 1 aromatic carbocycles. The zero-order valence-electron chi connectivity index (χ0n) is 15.6. The molecule has 1 fully saturated rings. The van der Waals surface area contributed by atoms with Crippen molar-refractivity contribution in [3.8, 4) is 0 Å². The van der Waals surface area contributed by atoms with Gasteiger partial charge in [0.2, 0.25) is 5.91 Å². The van der Waals surface area contributed by atoms with Crippen molar-refractivity contribution in [2.24, 2.45) is 5.92 Å². The maximum atomic E-state index is 13.0. The largest absolute Gasteiger partial charge is 0.459 e. The first-order valence-electron chi connectivity index (χ1n) is 9.41. The predicted molar refractivity (Wildman–Crippen MR) is 107 cm³/mol. The molecule has 2 amide bonds. The number of hydrogen-bond acceptors (Lipinski definition) is 5. The van der Waals surface area contributed by atoms with E-state index in [4.69, 9.17) is 4.42 Å². The lowest BCUT2D eigenvalue weighted by molar-refractivity contribution is -0.121. The molecule has 0 radical (unpaired) electrons. The molecule has 29 heavy (non-hydrogen) atoms. The van der Waals surface area contributed by atoms with Gasteiger partial charge >= 0.3 is 0 Å². The van der Waals surface area contributed by atoms with Gasteiger partial charge in [-0.05, 0) is 42.7 Å². The molecular formula is C21H20FN3O3S. The molecule has 2 aromatic heterocycles. The standard InChI is InChI=1S/C21H20FN3O3S/c22-16-7-5-14(6-8-16)11-17-12-23-21(29-17)24-19(26)15-3-1-9-25(13-15)20(27)18-4-2-10-28-18/h2,4-8,10,12,15H,1,3,9,11,13H2,(H,23,24,26). The molecule has 3 heterocycles. The molecule has 1 N–H and O–H groups in total. The number of likely N-dealkylation sites (tertiary alicyclic amines) is 1. The molecule has 150 valence electrons. The lowest BCUT2D eigenvalue weighted by Crippen LogP contribution is -2.43. The zero-order valence-corrected chi connectivity index (χ0v) is 16.5. The van der Waals surface area contributed by atoms with E-state index in [1.165, 1.54) is 29.7 Å². The van der Waals surface area contributed by atoms with Crippen molar-refractivity contribution < 1.29 is 18.4 Å². The predicted octanol–water partition coefficient (Wildman–Crippen LogP) is 3.96. The number of anilines is 1. The number of halogens is 1. The SMILES string of the molecule is O=C(Nc1ncc(Cc2ccc(F)cc2)s1)C1CCCN(C(=O)c2ccco2)C1. The van der Waals surface area contributed by atoms with Crippen molar-refractivity contribution in [1.29, 1.82) is 0 Å². The minimum absolute atomic E-state index is 0.135. The second-order valence-electron chi connectivity index (χ2n) is 6.99. The maximum Gasteiger partial charge on any atom is 0.289 e. The number of carbonyl (C=O) groups excluding carboxylic acids is 2. The Bertz CT molecular complexity index is 985. The number of nitrogens with one attached hydrogen (secondary N) is 1. The van der Waals surface area contributed by atoms with Crippen LogP contribution >= 0.6 is 11.3 Å². The highest BCUT2D eigenvalue weighted by molar-refractivity contribution is 7.15. The lowest BCUT2D eigenvalue weighted by Gasteiger charge is -2.31. The Balaban J connectivity index is 1.34. The topological polar surface area (TPSA) is 75.4 Å². The Morgan fingerprint density at radius 1 is 1.28 bits per heavy atom. The molecule has 0 saturated carbocycles. The Kier molecular flexibility index (Phi) is 5.71. The summed E-state index contributed by atoms with van der Waals surface area (Å²) in [6.45, 7) is 0.974. The molecule has 3 aromatic rings. The molecular weight excluding hydrogens is 393 g/mol. The number of benzene rings is 1. The van der Waals surface area contributed by atoms with E-state index in [0.29, 0.717) is 24.6 Å². The summed E-state index contributed by atoms with van der Waals surface area (Å²) >= 11 is 1.40. The molecule has 0 bridgehead atoms. The number of hydrogen-bond donors (Lipinski definition) is 1. The van der Waals surface area contributed by atoms with E-state index in [-0.39, 0.29) is 29.3 Å². The van der Waals surface area contributed by atoms with Gasteiger partial charge in [0, 0.05) is 30.6 Å². The van der Waals surface area contributed by atoms with Gasteiger partial charge in [-0.1, -0.05) is 12.1 Å². The quantitative estimate of drug-likeness (QED) is 0.687. The minimum Gasteiger partial charge on any atom is -0.459 e. The number of rotatable bonds is 5. The van der Waals surface area contributed by atoms with E-state index in [9.17, 15) is 14.0 Å². The van der Waals surface area contributed by atoms with E-state index in [1.54, 1.807) is 35.4 Å². The number of piperidine rings is 1. The third-order valence-corrected chi connectivity index (χ3v) is 5.80. The number of furan rings is 1. The summed E-state index contributed by atoms with van der Waals surface area (Å²) in [6, 6.07) is 9.63. The Morgan fingerprint density at radius 3 is 2.86 bits per heavy atom. The van der Waals surface area contributed by atoms with Gasteiger partial charge in [-0.3, -0.25) is 9.59 Å². The van der Waals surface area contributed by atoms with Crippen LogP contribution in [0.3, 0.4) is 0 Å². The molecule has 1 aliphatic rings. The third-order valence-electron chi connectivity index (χ3n) is 4.89. The van der Waals surface area contributed by atoms with Crippen molar-refractivity contribution in [2.45, 2.75) is 19.3 Å². The average molecular weight is 413 g/mol. The first kappa shape index (κ1) is 19.3. The Hall–Kier alpha value is -3.00. The van der Waals surface area contributed by atoms with Crippen LogP contribution in [0.1, 0.15) is 33.8 Å². The molecule has 1 saturated heterocycles. The normalized spacial score (nSPS) is 16.6. The fourth-order valence-electron chi connectivity index (χ4n) is 3.39. The van der Waals surface area contributed by atoms with Gasteiger partial charge in [0.05, 0.1) is 12.2 Å². The summed E-state index contributed by atoms with van der Waals surface area (Å²) < 4.78 is 18.2. The fourth-order valence-corrected chi connectivity index (χ4v) is 4.24. The van der Waals surface area contributed by atoms with Gasteiger partial charge in [-0.25, -0.2) is 9.37 Å². The second kappa shape index (κ2) is 8.57. The van der Waals surface area contributed by atoms with E-state index >= 15 is 0 Å². The van der Waals surface area contributed by atoms with Crippen LogP contribution in [0.25, 0.3) is 0 Å². The number of aromatic nitrogens is 1. The minimum atomic E-state index is -0.285. The van der Waals surface area contributed by atoms with Gasteiger partial charge in [0.15, 0.2) is 10.9 Å². The van der Waals surface area contributed by atoms with Crippen LogP contribution in [-0.2, 0) is 11.2 Å². The Labute approximate surface area is 171 Å². The van der Waals surface area contributed by atoms with Crippen molar-refractivity contribution in [3.05, 3.63) is 70.9 Å². The molecule has 8 heteroatoms. The van der Waals surface area contributed by atoms with Gasteiger partial charge in [0.25, 0.3) is 5.91 Å². The lowest BCUT2D eigenvalue weighted by atomic mass is 9.97. The average Bonchev–Trinajstić information content (AvgIpc) is 3.42. The van der Waals surface area contributed by atoms with Crippen LogP contribution in [0.15, 0.2) is 53.3 Å². The molecule has 0 aliphatic carbocycles. The van der Waals surface area contributed by atoms with Gasteiger partial charge in [-0.2, -0.15) is 0 Å².